The molecule has 0 saturated heterocycles. The Balaban J connectivity index is 1.73. The van der Waals surface area contributed by atoms with Crippen molar-refractivity contribution < 1.29 is 0 Å². The van der Waals surface area contributed by atoms with Gasteiger partial charge < -0.3 is 0 Å². The van der Waals surface area contributed by atoms with Gasteiger partial charge in [0.25, 0.3) is 0 Å². The molecular formula is C14H13BrS. The van der Waals surface area contributed by atoms with Crippen LogP contribution in [0.4, 0.5) is 0 Å². The lowest BCUT2D eigenvalue weighted by Crippen LogP contribution is -1.91. The standard InChI is InChI=1S/C14H13BrS/c15-14(13-7-4-8-16-13)12-9-11(12)10-5-2-1-3-6-10/h1-8,11-12,14H,9H2. The molecule has 0 aliphatic heterocycles. The molecule has 3 rings (SSSR count). The van der Waals surface area contributed by atoms with Gasteiger partial charge in [0.15, 0.2) is 0 Å². The summed E-state index contributed by atoms with van der Waals surface area (Å²) >= 11 is 5.69. The second-order valence-corrected chi connectivity index (χ2v) is 6.30. The van der Waals surface area contributed by atoms with Crippen molar-refractivity contribution in [2.75, 3.05) is 0 Å². The lowest BCUT2D eigenvalue weighted by atomic mass is 10.1. The Morgan fingerprint density at radius 3 is 2.62 bits per heavy atom. The van der Waals surface area contributed by atoms with Crippen LogP contribution in [0.2, 0.25) is 0 Å². The third-order valence-electron chi connectivity index (χ3n) is 3.26. The second-order valence-electron chi connectivity index (χ2n) is 4.33. The van der Waals surface area contributed by atoms with Crippen molar-refractivity contribution in [2.24, 2.45) is 5.92 Å². The number of rotatable bonds is 3. The second kappa shape index (κ2) is 4.34. The van der Waals surface area contributed by atoms with Gasteiger partial charge in [0.1, 0.15) is 0 Å². The maximum atomic E-state index is 3.84. The number of hydrogen-bond donors (Lipinski definition) is 0. The summed E-state index contributed by atoms with van der Waals surface area (Å²) in [6.07, 6.45) is 1.32. The Kier molecular flexibility index (Phi) is 2.86. The lowest BCUT2D eigenvalue weighted by molar-refractivity contribution is 0.798. The van der Waals surface area contributed by atoms with Crippen LogP contribution < -0.4 is 0 Å². The zero-order valence-corrected chi connectivity index (χ0v) is 11.2. The van der Waals surface area contributed by atoms with Crippen LogP contribution in [-0.4, -0.2) is 0 Å². The van der Waals surface area contributed by atoms with Gasteiger partial charge in [-0.25, -0.2) is 0 Å². The summed E-state index contributed by atoms with van der Waals surface area (Å²) in [4.78, 5) is 2.00. The molecule has 0 nitrogen and oxygen atoms in total. The maximum absolute atomic E-state index is 3.84. The quantitative estimate of drug-likeness (QED) is 0.699. The van der Waals surface area contributed by atoms with E-state index in [1.54, 1.807) is 0 Å². The molecule has 0 N–H and O–H groups in total. The summed E-state index contributed by atoms with van der Waals surface area (Å²) < 4.78 is 0. The first-order valence-electron chi connectivity index (χ1n) is 5.58. The molecule has 2 heteroatoms. The van der Waals surface area contributed by atoms with Crippen molar-refractivity contribution in [1.82, 2.24) is 0 Å². The molecule has 1 aliphatic rings. The SMILES string of the molecule is BrC(c1cccs1)C1CC1c1ccccc1. The normalized spacial score (nSPS) is 25.3. The molecule has 1 heterocycles. The predicted octanol–water partition coefficient (Wildman–Crippen LogP) is 4.99. The van der Waals surface area contributed by atoms with Crippen LogP contribution in [0.1, 0.15) is 27.6 Å². The molecule has 0 spiro atoms. The number of benzene rings is 1. The van der Waals surface area contributed by atoms with E-state index >= 15 is 0 Å². The van der Waals surface area contributed by atoms with Crippen molar-refractivity contribution in [1.29, 1.82) is 0 Å². The van der Waals surface area contributed by atoms with Gasteiger partial charge in [0.2, 0.25) is 0 Å². The summed E-state index contributed by atoms with van der Waals surface area (Å²) in [5.74, 6) is 1.54. The zero-order valence-electron chi connectivity index (χ0n) is 8.84. The highest BCUT2D eigenvalue weighted by Gasteiger charge is 2.43. The zero-order chi connectivity index (χ0) is 11.0. The molecule has 1 aromatic heterocycles. The van der Waals surface area contributed by atoms with Gasteiger partial charge in [-0.05, 0) is 35.3 Å². The van der Waals surface area contributed by atoms with Crippen molar-refractivity contribution in [3.05, 3.63) is 58.3 Å². The van der Waals surface area contributed by atoms with E-state index in [-0.39, 0.29) is 0 Å². The third kappa shape index (κ3) is 1.96. The van der Waals surface area contributed by atoms with Crippen LogP contribution in [0.15, 0.2) is 47.8 Å². The van der Waals surface area contributed by atoms with E-state index in [0.29, 0.717) is 4.83 Å². The van der Waals surface area contributed by atoms with Crippen molar-refractivity contribution in [3.8, 4) is 0 Å². The minimum Gasteiger partial charge on any atom is -0.148 e. The monoisotopic (exact) mass is 292 g/mol. The van der Waals surface area contributed by atoms with Gasteiger partial charge in [-0.1, -0.05) is 52.3 Å². The molecule has 82 valence electrons. The molecule has 1 saturated carbocycles. The first kappa shape index (κ1) is 10.5. The fraction of sp³-hybridized carbons (Fsp3) is 0.286. The number of hydrogen-bond acceptors (Lipinski definition) is 1. The van der Waals surface area contributed by atoms with E-state index in [2.05, 4.69) is 63.8 Å². The van der Waals surface area contributed by atoms with E-state index in [1.165, 1.54) is 16.9 Å². The molecular weight excluding hydrogens is 280 g/mol. The molecule has 3 atom stereocenters. The highest BCUT2D eigenvalue weighted by molar-refractivity contribution is 9.09. The van der Waals surface area contributed by atoms with Gasteiger partial charge >= 0.3 is 0 Å². The van der Waals surface area contributed by atoms with E-state index in [4.69, 9.17) is 0 Å². The first-order chi connectivity index (χ1) is 7.86. The average Bonchev–Trinajstić information content (AvgIpc) is 2.95. The van der Waals surface area contributed by atoms with Crippen LogP contribution in [0.25, 0.3) is 0 Å². The molecule has 16 heavy (non-hydrogen) atoms. The first-order valence-corrected chi connectivity index (χ1v) is 7.38. The van der Waals surface area contributed by atoms with Crippen LogP contribution in [0.3, 0.4) is 0 Å². The van der Waals surface area contributed by atoms with E-state index in [9.17, 15) is 0 Å². The van der Waals surface area contributed by atoms with Crippen LogP contribution in [0, 0.1) is 5.92 Å². The molecule has 0 amide bonds. The highest BCUT2D eigenvalue weighted by atomic mass is 79.9. The number of halogens is 1. The molecule has 1 aliphatic carbocycles. The predicted molar refractivity (Wildman–Crippen MR) is 73.3 cm³/mol. The summed E-state index contributed by atoms with van der Waals surface area (Å²) in [5, 5.41) is 2.16. The Morgan fingerprint density at radius 2 is 1.94 bits per heavy atom. The summed E-state index contributed by atoms with van der Waals surface area (Å²) in [7, 11) is 0. The third-order valence-corrected chi connectivity index (χ3v) is 5.69. The Hall–Kier alpha value is -0.600. The van der Waals surface area contributed by atoms with Crippen LogP contribution in [0.5, 0.6) is 0 Å². The van der Waals surface area contributed by atoms with E-state index in [1.807, 2.05) is 11.3 Å². The Morgan fingerprint density at radius 1 is 1.12 bits per heavy atom. The molecule has 0 radical (unpaired) electrons. The lowest BCUT2D eigenvalue weighted by Gasteiger charge is -2.06. The van der Waals surface area contributed by atoms with Gasteiger partial charge in [0.05, 0.1) is 4.83 Å². The number of alkyl halides is 1. The fourth-order valence-corrected chi connectivity index (χ4v) is 4.12. The minimum absolute atomic E-state index is 0.540. The van der Waals surface area contributed by atoms with E-state index in [0.717, 1.165) is 11.8 Å². The van der Waals surface area contributed by atoms with Gasteiger partial charge in [-0.2, -0.15) is 0 Å². The molecule has 1 fully saturated rings. The summed E-state index contributed by atoms with van der Waals surface area (Å²) in [6, 6.07) is 15.2. The largest absolute Gasteiger partial charge is 0.148 e. The van der Waals surface area contributed by atoms with Gasteiger partial charge in [0, 0.05) is 4.88 Å². The highest BCUT2D eigenvalue weighted by Crippen LogP contribution is 2.57. The van der Waals surface area contributed by atoms with E-state index < -0.39 is 0 Å². The van der Waals surface area contributed by atoms with Gasteiger partial charge in [-0.15, -0.1) is 11.3 Å². The van der Waals surface area contributed by atoms with Crippen LogP contribution in [-0.2, 0) is 0 Å². The van der Waals surface area contributed by atoms with Crippen LogP contribution >= 0.6 is 27.3 Å². The number of thiophene rings is 1. The molecule has 2 aromatic rings. The summed E-state index contributed by atoms with van der Waals surface area (Å²) in [6.45, 7) is 0. The minimum atomic E-state index is 0.540. The van der Waals surface area contributed by atoms with Gasteiger partial charge in [-0.3, -0.25) is 0 Å². The topological polar surface area (TPSA) is 0 Å². The molecule has 1 aromatic carbocycles. The average molecular weight is 293 g/mol. The van der Waals surface area contributed by atoms with Crippen molar-refractivity contribution >= 4 is 27.3 Å². The Bertz CT molecular complexity index is 449. The van der Waals surface area contributed by atoms with Crippen molar-refractivity contribution in [2.45, 2.75) is 17.2 Å². The molecule has 0 bridgehead atoms. The molecule has 3 unspecified atom stereocenters. The summed E-state index contributed by atoms with van der Waals surface area (Å²) in [5.41, 5.74) is 1.49. The maximum Gasteiger partial charge on any atom is 0.0523 e. The van der Waals surface area contributed by atoms with Crippen molar-refractivity contribution in [3.63, 3.8) is 0 Å². The fourth-order valence-electron chi connectivity index (χ4n) is 2.28. The Labute approximate surface area is 108 Å². The smallest absolute Gasteiger partial charge is 0.0523 e.